The maximum absolute atomic E-state index is 13.8. The maximum Gasteiger partial charge on any atom is 0.330 e. The average Bonchev–Trinajstić information content (AvgIpc) is 3.10. The Balaban J connectivity index is 1.76. The molecule has 2 heterocycles. The molecule has 1 aromatic rings. The van der Waals surface area contributed by atoms with E-state index in [9.17, 15) is 14.0 Å². The van der Waals surface area contributed by atoms with Crippen LogP contribution in [0.25, 0.3) is 0 Å². The molecule has 1 aliphatic heterocycles. The number of ether oxygens (including phenoxy) is 1. The lowest BCUT2D eigenvalue weighted by Gasteiger charge is -2.14. The molecular weight excluding hydrogens is 387 g/mol. The summed E-state index contributed by atoms with van der Waals surface area (Å²) in [6.07, 6.45) is 11.3. The van der Waals surface area contributed by atoms with Gasteiger partial charge in [-0.3, -0.25) is 14.3 Å². The predicted octanol–water partition coefficient (Wildman–Crippen LogP) is 3.82. The van der Waals surface area contributed by atoms with Gasteiger partial charge in [0.1, 0.15) is 24.1 Å². The Morgan fingerprint density at radius 2 is 1.77 bits per heavy atom. The van der Waals surface area contributed by atoms with E-state index in [4.69, 9.17) is 9.84 Å². The number of rotatable bonds is 12. The molecule has 3 atom stereocenters. The van der Waals surface area contributed by atoms with Gasteiger partial charge in [-0.2, -0.15) is 0 Å². The Morgan fingerprint density at radius 1 is 1.13 bits per heavy atom. The summed E-state index contributed by atoms with van der Waals surface area (Å²) in [5.41, 5.74) is -1.07. The number of aliphatic hydroxyl groups excluding tert-OH is 1. The molecule has 0 aromatic carbocycles. The van der Waals surface area contributed by atoms with Crippen LogP contribution in [-0.2, 0) is 4.74 Å². The first kappa shape index (κ1) is 24.4. The van der Waals surface area contributed by atoms with Gasteiger partial charge in [0.05, 0.1) is 6.61 Å². The summed E-state index contributed by atoms with van der Waals surface area (Å²) >= 11 is 0. The summed E-state index contributed by atoms with van der Waals surface area (Å²) in [5.74, 6) is 5.81. The van der Waals surface area contributed by atoms with Crippen LogP contribution in [0.3, 0.4) is 0 Å². The van der Waals surface area contributed by atoms with E-state index in [2.05, 4.69) is 23.7 Å². The number of unbranched alkanes of at least 4 members (excludes halogenated alkanes) is 10. The molecule has 0 saturated carbocycles. The van der Waals surface area contributed by atoms with E-state index < -0.39 is 36.4 Å². The first-order valence-electron chi connectivity index (χ1n) is 11.3. The van der Waals surface area contributed by atoms with E-state index in [0.717, 1.165) is 17.4 Å². The van der Waals surface area contributed by atoms with E-state index in [-0.39, 0.29) is 12.0 Å². The Hall–Kier alpha value is -1.91. The van der Waals surface area contributed by atoms with E-state index in [0.29, 0.717) is 6.42 Å². The Morgan fingerprint density at radius 3 is 2.37 bits per heavy atom. The van der Waals surface area contributed by atoms with Crippen molar-refractivity contribution in [3.63, 3.8) is 0 Å². The van der Waals surface area contributed by atoms with Crippen LogP contribution in [0.5, 0.6) is 0 Å². The summed E-state index contributed by atoms with van der Waals surface area (Å²) < 4.78 is 20.3. The quantitative estimate of drug-likeness (QED) is 0.396. The molecule has 1 aliphatic rings. The zero-order chi connectivity index (χ0) is 21.8. The van der Waals surface area contributed by atoms with Gasteiger partial charge in [0.2, 0.25) is 0 Å². The average molecular weight is 423 g/mol. The van der Waals surface area contributed by atoms with Crippen molar-refractivity contribution in [2.75, 3.05) is 6.61 Å². The van der Waals surface area contributed by atoms with Crippen LogP contribution >= 0.6 is 0 Å². The molecule has 6 nitrogen and oxygen atoms in total. The highest BCUT2D eigenvalue weighted by Gasteiger charge is 2.36. The largest absolute Gasteiger partial charge is 0.394 e. The minimum absolute atomic E-state index is 0.0529. The third kappa shape index (κ3) is 7.73. The summed E-state index contributed by atoms with van der Waals surface area (Å²) in [6, 6.07) is 0. The van der Waals surface area contributed by atoms with Gasteiger partial charge < -0.3 is 9.84 Å². The van der Waals surface area contributed by atoms with Gasteiger partial charge in [0.15, 0.2) is 0 Å². The Kier molecular flexibility index (Phi) is 10.9. The highest BCUT2D eigenvalue weighted by Crippen LogP contribution is 2.29. The molecule has 7 heteroatoms. The molecule has 0 aliphatic carbocycles. The molecule has 1 saturated heterocycles. The van der Waals surface area contributed by atoms with Crippen molar-refractivity contribution in [2.24, 2.45) is 0 Å². The molecule has 1 unspecified atom stereocenters. The van der Waals surface area contributed by atoms with Crippen molar-refractivity contribution in [2.45, 2.75) is 102 Å². The molecule has 0 spiro atoms. The number of hydrogen-bond donors (Lipinski definition) is 2. The number of aromatic amines is 1. The summed E-state index contributed by atoms with van der Waals surface area (Å²) in [5, 5.41) is 9.12. The van der Waals surface area contributed by atoms with Crippen molar-refractivity contribution in [1.29, 1.82) is 0 Å². The standard InChI is InChI=1S/C23H35FN2O4/c1-2-3-4-5-6-7-8-9-10-11-12-13-14-18-16-26(23(29)25-22(18)28)21-15-19(24)20(17-27)30-21/h16,19-21,27H,2-12,15,17H2,1H3,(H,25,28,29)/t19-,20+,21?/m0/s1. The van der Waals surface area contributed by atoms with Crippen molar-refractivity contribution in [3.8, 4) is 11.8 Å². The molecule has 0 bridgehead atoms. The van der Waals surface area contributed by atoms with E-state index in [1.54, 1.807) is 0 Å². The first-order valence-corrected chi connectivity index (χ1v) is 11.3. The lowest BCUT2D eigenvalue weighted by atomic mass is 10.1. The summed E-state index contributed by atoms with van der Waals surface area (Å²) in [4.78, 5) is 26.3. The van der Waals surface area contributed by atoms with Crippen molar-refractivity contribution in [3.05, 3.63) is 32.6 Å². The fourth-order valence-electron chi connectivity index (χ4n) is 3.67. The topological polar surface area (TPSA) is 84.3 Å². The van der Waals surface area contributed by atoms with Crippen LogP contribution in [0.15, 0.2) is 15.8 Å². The molecular formula is C23H35FN2O4. The number of nitrogens with zero attached hydrogens (tertiary/aromatic N) is 1. The second-order valence-corrected chi connectivity index (χ2v) is 8.01. The minimum Gasteiger partial charge on any atom is -0.394 e. The lowest BCUT2D eigenvalue weighted by molar-refractivity contribution is -0.0356. The number of alkyl halides is 1. The number of nitrogens with one attached hydrogen (secondary N) is 1. The summed E-state index contributed by atoms with van der Waals surface area (Å²) in [7, 11) is 0. The second kappa shape index (κ2) is 13.4. The monoisotopic (exact) mass is 422 g/mol. The van der Waals surface area contributed by atoms with Gasteiger partial charge in [-0.1, -0.05) is 76.6 Å². The maximum atomic E-state index is 13.8. The van der Waals surface area contributed by atoms with Gasteiger partial charge in [-0.05, 0) is 6.42 Å². The molecule has 30 heavy (non-hydrogen) atoms. The minimum atomic E-state index is -1.36. The molecule has 168 valence electrons. The van der Waals surface area contributed by atoms with Gasteiger partial charge in [-0.25, -0.2) is 9.18 Å². The number of aromatic nitrogens is 2. The zero-order valence-corrected chi connectivity index (χ0v) is 18.0. The number of aliphatic hydroxyl groups is 1. The van der Waals surface area contributed by atoms with Gasteiger partial charge >= 0.3 is 5.69 Å². The Labute approximate surface area is 177 Å². The summed E-state index contributed by atoms with van der Waals surface area (Å²) in [6.45, 7) is 1.77. The third-order valence-electron chi connectivity index (χ3n) is 5.50. The number of halogens is 1. The predicted molar refractivity (Wildman–Crippen MR) is 115 cm³/mol. The lowest BCUT2D eigenvalue weighted by Crippen LogP contribution is -2.33. The molecule has 1 aromatic heterocycles. The van der Waals surface area contributed by atoms with Crippen LogP contribution in [0, 0.1) is 11.8 Å². The third-order valence-corrected chi connectivity index (χ3v) is 5.50. The number of hydrogen-bond acceptors (Lipinski definition) is 4. The smallest absolute Gasteiger partial charge is 0.330 e. The van der Waals surface area contributed by atoms with Crippen LogP contribution in [-0.4, -0.2) is 33.5 Å². The van der Waals surface area contributed by atoms with Crippen molar-refractivity contribution in [1.82, 2.24) is 9.55 Å². The molecule has 0 radical (unpaired) electrons. The Bertz CT molecular complexity index is 808. The van der Waals surface area contributed by atoms with E-state index in [1.165, 1.54) is 57.6 Å². The van der Waals surface area contributed by atoms with Gasteiger partial charge in [-0.15, -0.1) is 0 Å². The van der Waals surface area contributed by atoms with E-state index >= 15 is 0 Å². The first-order chi connectivity index (χ1) is 14.6. The van der Waals surface area contributed by atoms with Crippen molar-refractivity contribution >= 4 is 0 Å². The highest BCUT2D eigenvalue weighted by molar-refractivity contribution is 5.29. The van der Waals surface area contributed by atoms with Crippen LogP contribution in [0.2, 0.25) is 0 Å². The normalized spacial score (nSPS) is 20.8. The molecule has 0 amide bonds. The van der Waals surface area contributed by atoms with Gasteiger partial charge in [0, 0.05) is 19.0 Å². The fraction of sp³-hybridized carbons (Fsp3) is 0.739. The fourth-order valence-corrected chi connectivity index (χ4v) is 3.67. The number of H-pyrrole nitrogens is 1. The van der Waals surface area contributed by atoms with Crippen LogP contribution in [0.4, 0.5) is 4.39 Å². The SMILES string of the molecule is CCCCCCCCCCCCC#Cc1cn(C2C[C@H](F)[C@@H](CO)O2)c(=O)[nH]c1=O. The van der Waals surface area contributed by atoms with Gasteiger partial charge in [0.25, 0.3) is 5.56 Å². The van der Waals surface area contributed by atoms with Crippen molar-refractivity contribution < 1.29 is 14.2 Å². The highest BCUT2D eigenvalue weighted by atomic mass is 19.1. The van der Waals surface area contributed by atoms with E-state index in [1.807, 2.05) is 0 Å². The molecule has 2 rings (SSSR count). The molecule has 2 N–H and O–H groups in total. The van der Waals surface area contributed by atoms with Crippen LogP contribution in [0.1, 0.15) is 95.8 Å². The zero-order valence-electron chi connectivity index (χ0n) is 18.0. The molecule has 1 fully saturated rings. The van der Waals surface area contributed by atoms with Crippen LogP contribution < -0.4 is 11.2 Å². The second-order valence-electron chi connectivity index (χ2n) is 8.01.